The largest absolute Gasteiger partial charge is 0.338 e. The molecule has 2 aliphatic rings. The van der Waals surface area contributed by atoms with E-state index in [1.807, 2.05) is 0 Å². The third kappa shape index (κ3) is 2.44. The van der Waals surface area contributed by atoms with Crippen molar-refractivity contribution in [2.24, 2.45) is 0 Å². The molecule has 1 N–H and O–H groups in total. The molecular formula is C12H20N4O. The first-order valence-corrected chi connectivity index (χ1v) is 6.73. The first-order chi connectivity index (χ1) is 8.43. The van der Waals surface area contributed by atoms with Crippen molar-refractivity contribution in [3.63, 3.8) is 0 Å². The van der Waals surface area contributed by atoms with Crippen molar-refractivity contribution in [2.45, 2.75) is 38.0 Å². The summed E-state index contributed by atoms with van der Waals surface area (Å²) < 4.78 is 5.41. The predicted octanol–water partition coefficient (Wildman–Crippen LogP) is 1.53. The lowest BCUT2D eigenvalue weighted by atomic mass is 10.00. The predicted molar refractivity (Wildman–Crippen MR) is 65.2 cm³/mol. The highest BCUT2D eigenvalue weighted by Crippen LogP contribution is 2.24. The van der Waals surface area contributed by atoms with Gasteiger partial charge in [0.25, 0.3) is 5.95 Å². The van der Waals surface area contributed by atoms with Crippen molar-refractivity contribution < 1.29 is 4.52 Å². The van der Waals surface area contributed by atoms with Gasteiger partial charge in [0.05, 0.1) is 5.92 Å². The molecule has 0 aliphatic carbocycles. The van der Waals surface area contributed by atoms with Crippen molar-refractivity contribution in [3.8, 4) is 0 Å². The molecule has 17 heavy (non-hydrogen) atoms. The van der Waals surface area contributed by atoms with Crippen molar-refractivity contribution >= 4 is 5.95 Å². The van der Waals surface area contributed by atoms with E-state index in [0.29, 0.717) is 5.92 Å². The van der Waals surface area contributed by atoms with E-state index in [1.54, 1.807) is 0 Å². The van der Waals surface area contributed by atoms with Gasteiger partial charge in [-0.3, -0.25) is 0 Å². The Labute approximate surface area is 102 Å². The summed E-state index contributed by atoms with van der Waals surface area (Å²) in [5.74, 6) is 2.03. The molecule has 0 radical (unpaired) electrons. The minimum absolute atomic E-state index is 0.412. The highest BCUT2D eigenvalue weighted by atomic mass is 16.5. The second-order valence-corrected chi connectivity index (χ2v) is 5.02. The molecule has 3 rings (SSSR count). The molecule has 0 aromatic carbocycles. The lowest BCUT2D eigenvalue weighted by Gasteiger charge is -2.24. The Bertz CT molecular complexity index is 321. The zero-order valence-corrected chi connectivity index (χ0v) is 10.2. The molecule has 2 saturated heterocycles. The van der Waals surface area contributed by atoms with Gasteiger partial charge >= 0.3 is 0 Å². The van der Waals surface area contributed by atoms with E-state index in [1.165, 1.54) is 25.7 Å². The van der Waals surface area contributed by atoms with Crippen LogP contribution in [-0.2, 0) is 0 Å². The van der Waals surface area contributed by atoms with Gasteiger partial charge < -0.3 is 14.7 Å². The number of nitrogens with zero attached hydrogens (tertiary/aromatic N) is 3. The molecule has 2 aliphatic heterocycles. The standard InChI is InChI=1S/C12H20N4O/c1-2-7-16(8-3-1)12-14-11(17-15-12)10-5-4-6-13-9-10/h10,13H,1-9H2/t10-/m0/s1. The number of hydrogen-bond acceptors (Lipinski definition) is 5. The Hall–Kier alpha value is -1.10. The van der Waals surface area contributed by atoms with Gasteiger partial charge in [0.2, 0.25) is 5.89 Å². The maximum Gasteiger partial charge on any atom is 0.266 e. The SMILES string of the molecule is C1CCN(c2noc([C@H]3CCCNC3)n2)CC1. The smallest absolute Gasteiger partial charge is 0.266 e. The lowest BCUT2D eigenvalue weighted by molar-refractivity contribution is 0.321. The van der Waals surface area contributed by atoms with Crippen LogP contribution in [0.5, 0.6) is 0 Å². The summed E-state index contributed by atoms with van der Waals surface area (Å²) in [5.41, 5.74) is 0. The molecule has 1 aromatic heterocycles. The molecule has 5 nitrogen and oxygen atoms in total. The van der Waals surface area contributed by atoms with Gasteiger partial charge in [-0.05, 0) is 43.8 Å². The Kier molecular flexibility index (Phi) is 3.27. The molecule has 1 atom stereocenters. The van der Waals surface area contributed by atoms with E-state index < -0.39 is 0 Å². The quantitative estimate of drug-likeness (QED) is 0.844. The van der Waals surface area contributed by atoms with E-state index in [2.05, 4.69) is 20.4 Å². The Morgan fingerprint density at radius 1 is 1.18 bits per heavy atom. The molecule has 0 spiro atoms. The van der Waals surface area contributed by atoms with Crippen molar-refractivity contribution in [2.75, 3.05) is 31.1 Å². The Balaban J connectivity index is 1.68. The molecule has 0 amide bonds. The van der Waals surface area contributed by atoms with Crippen molar-refractivity contribution in [3.05, 3.63) is 5.89 Å². The normalized spacial score (nSPS) is 26.1. The third-order valence-electron chi connectivity index (χ3n) is 3.72. The fourth-order valence-corrected chi connectivity index (χ4v) is 2.68. The Morgan fingerprint density at radius 3 is 2.82 bits per heavy atom. The average Bonchev–Trinajstić information content (AvgIpc) is 2.90. The van der Waals surface area contributed by atoms with Crippen LogP contribution in [0.1, 0.15) is 43.9 Å². The summed E-state index contributed by atoms with van der Waals surface area (Å²) in [7, 11) is 0. The van der Waals surface area contributed by atoms with E-state index in [4.69, 9.17) is 4.52 Å². The highest BCUT2D eigenvalue weighted by Gasteiger charge is 2.23. The number of piperidine rings is 2. The van der Waals surface area contributed by atoms with Gasteiger partial charge in [0, 0.05) is 19.6 Å². The summed E-state index contributed by atoms with van der Waals surface area (Å²) >= 11 is 0. The molecule has 0 saturated carbocycles. The molecular weight excluding hydrogens is 216 g/mol. The van der Waals surface area contributed by atoms with Crippen LogP contribution in [0.2, 0.25) is 0 Å². The topological polar surface area (TPSA) is 54.2 Å². The second kappa shape index (κ2) is 5.04. The van der Waals surface area contributed by atoms with Crippen LogP contribution in [0.15, 0.2) is 4.52 Å². The van der Waals surface area contributed by atoms with Crippen LogP contribution in [0.3, 0.4) is 0 Å². The zero-order valence-electron chi connectivity index (χ0n) is 10.2. The molecule has 94 valence electrons. The van der Waals surface area contributed by atoms with Crippen LogP contribution in [-0.4, -0.2) is 36.3 Å². The molecule has 0 bridgehead atoms. The highest BCUT2D eigenvalue weighted by molar-refractivity contribution is 5.28. The van der Waals surface area contributed by atoms with Gasteiger partial charge in [-0.15, -0.1) is 0 Å². The summed E-state index contributed by atoms with van der Waals surface area (Å²) in [6.45, 7) is 4.23. The fraction of sp³-hybridized carbons (Fsp3) is 0.833. The first kappa shape index (κ1) is 11.0. The molecule has 3 heterocycles. The Morgan fingerprint density at radius 2 is 2.06 bits per heavy atom. The van der Waals surface area contributed by atoms with Gasteiger partial charge in [-0.1, -0.05) is 0 Å². The van der Waals surface area contributed by atoms with E-state index >= 15 is 0 Å². The second-order valence-electron chi connectivity index (χ2n) is 5.02. The van der Waals surface area contributed by atoms with Gasteiger partial charge in [0.15, 0.2) is 0 Å². The number of aromatic nitrogens is 2. The molecule has 2 fully saturated rings. The van der Waals surface area contributed by atoms with Gasteiger partial charge in [-0.2, -0.15) is 4.98 Å². The van der Waals surface area contributed by atoms with Crippen LogP contribution < -0.4 is 10.2 Å². The number of hydrogen-bond donors (Lipinski definition) is 1. The maximum atomic E-state index is 5.41. The molecule has 1 aromatic rings. The van der Waals surface area contributed by atoms with Crippen LogP contribution in [0.25, 0.3) is 0 Å². The molecule has 5 heteroatoms. The number of anilines is 1. The first-order valence-electron chi connectivity index (χ1n) is 6.73. The van der Waals surface area contributed by atoms with Crippen molar-refractivity contribution in [1.82, 2.24) is 15.5 Å². The van der Waals surface area contributed by atoms with Crippen LogP contribution in [0, 0.1) is 0 Å². The number of rotatable bonds is 2. The molecule has 0 unspecified atom stereocenters. The van der Waals surface area contributed by atoms with E-state index in [9.17, 15) is 0 Å². The minimum Gasteiger partial charge on any atom is -0.338 e. The van der Waals surface area contributed by atoms with Crippen LogP contribution >= 0.6 is 0 Å². The average molecular weight is 236 g/mol. The fourth-order valence-electron chi connectivity index (χ4n) is 2.68. The maximum absolute atomic E-state index is 5.41. The van der Waals surface area contributed by atoms with Gasteiger partial charge in [0.1, 0.15) is 0 Å². The monoisotopic (exact) mass is 236 g/mol. The van der Waals surface area contributed by atoms with Crippen molar-refractivity contribution in [1.29, 1.82) is 0 Å². The van der Waals surface area contributed by atoms with Gasteiger partial charge in [-0.25, -0.2) is 0 Å². The summed E-state index contributed by atoms with van der Waals surface area (Å²) in [4.78, 5) is 6.81. The number of nitrogens with one attached hydrogen (secondary N) is 1. The lowest BCUT2D eigenvalue weighted by Crippen LogP contribution is -2.30. The third-order valence-corrected chi connectivity index (χ3v) is 3.72. The van der Waals surface area contributed by atoms with E-state index in [0.717, 1.165) is 44.4 Å². The minimum atomic E-state index is 0.412. The summed E-state index contributed by atoms with van der Waals surface area (Å²) in [5, 5.41) is 7.51. The summed E-state index contributed by atoms with van der Waals surface area (Å²) in [6, 6.07) is 0. The van der Waals surface area contributed by atoms with Crippen LogP contribution in [0.4, 0.5) is 5.95 Å². The van der Waals surface area contributed by atoms with E-state index in [-0.39, 0.29) is 0 Å². The summed E-state index contributed by atoms with van der Waals surface area (Å²) in [6.07, 6.45) is 6.18. The zero-order chi connectivity index (χ0) is 11.5.